The second kappa shape index (κ2) is 5.31. The third kappa shape index (κ3) is 2.86. The lowest BCUT2D eigenvalue weighted by atomic mass is 9.89. The van der Waals surface area contributed by atoms with Gasteiger partial charge in [0, 0.05) is 24.3 Å². The number of nitrogens with one attached hydrogen (secondary N) is 1. The maximum atomic E-state index is 3.76. The van der Waals surface area contributed by atoms with Crippen LogP contribution >= 0.6 is 0 Å². The van der Waals surface area contributed by atoms with Gasteiger partial charge in [0.15, 0.2) is 0 Å². The highest BCUT2D eigenvalue weighted by atomic mass is 15.2. The molecular formula is C16H26N2. The van der Waals surface area contributed by atoms with Gasteiger partial charge in [0.05, 0.1) is 0 Å². The molecule has 1 fully saturated rings. The van der Waals surface area contributed by atoms with Crippen LogP contribution < -0.4 is 5.32 Å². The number of likely N-dealkylation sites (tertiary alicyclic amines) is 1. The standard InChI is InChI=1S/C16H26N2/c1-11-6-7-12(2)15(8-11)17-16-9-14(4)18(5)10-13(16)3/h6-8,13-14,16-17H,9-10H2,1-5H3. The first-order chi connectivity index (χ1) is 8.47. The van der Waals surface area contributed by atoms with Gasteiger partial charge in [-0.25, -0.2) is 0 Å². The Morgan fingerprint density at radius 2 is 1.94 bits per heavy atom. The minimum absolute atomic E-state index is 0.594. The first-order valence-electron chi connectivity index (χ1n) is 7.01. The molecule has 1 N–H and O–H groups in total. The van der Waals surface area contributed by atoms with E-state index in [1.807, 2.05) is 0 Å². The van der Waals surface area contributed by atoms with E-state index in [0.717, 1.165) is 0 Å². The highest BCUT2D eigenvalue weighted by molar-refractivity contribution is 5.53. The Kier molecular flexibility index (Phi) is 3.96. The van der Waals surface area contributed by atoms with Crippen LogP contribution in [0.15, 0.2) is 18.2 Å². The van der Waals surface area contributed by atoms with E-state index in [1.54, 1.807) is 0 Å². The highest BCUT2D eigenvalue weighted by Gasteiger charge is 2.28. The number of nitrogens with zero attached hydrogens (tertiary/aromatic N) is 1. The summed E-state index contributed by atoms with van der Waals surface area (Å²) in [6, 6.07) is 7.92. The van der Waals surface area contributed by atoms with Gasteiger partial charge in [-0.1, -0.05) is 19.1 Å². The van der Waals surface area contributed by atoms with Crippen molar-refractivity contribution in [3.05, 3.63) is 29.3 Å². The van der Waals surface area contributed by atoms with Crippen LogP contribution in [0.25, 0.3) is 0 Å². The number of benzene rings is 1. The summed E-state index contributed by atoms with van der Waals surface area (Å²) < 4.78 is 0. The Hall–Kier alpha value is -1.02. The molecule has 1 aliphatic rings. The number of piperidine rings is 1. The Balaban J connectivity index is 2.11. The molecule has 0 amide bonds. The van der Waals surface area contributed by atoms with Crippen LogP contribution in [-0.4, -0.2) is 30.6 Å². The summed E-state index contributed by atoms with van der Waals surface area (Å²) in [5.41, 5.74) is 3.99. The molecule has 0 saturated carbocycles. The van der Waals surface area contributed by atoms with Gasteiger partial charge >= 0.3 is 0 Å². The highest BCUT2D eigenvalue weighted by Crippen LogP contribution is 2.26. The molecule has 0 spiro atoms. The zero-order valence-electron chi connectivity index (χ0n) is 12.3. The monoisotopic (exact) mass is 246 g/mol. The predicted molar refractivity (Wildman–Crippen MR) is 79.2 cm³/mol. The molecule has 18 heavy (non-hydrogen) atoms. The number of anilines is 1. The van der Waals surface area contributed by atoms with E-state index in [1.165, 1.54) is 29.8 Å². The molecular weight excluding hydrogens is 220 g/mol. The van der Waals surface area contributed by atoms with Crippen LogP contribution in [0.2, 0.25) is 0 Å². The van der Waals surface area contributed by atoms with Gasteiger partial charge in [0.2, 0.25) is 0 Å². The van der Waals surface area contributed by atoms with Crippen molar-refractivity contribution in [1.82, 2.24) is 4.90 Å². The van der Waals surface area contributed by atoms with Crippen molar-refractivity contribution in [2.45, 2.75) is 46.2 Å². The van der Waals surface area contributed by atoms with Gasteiger partial charge in [-0.05, 0) is 57.4 Å². The molecule has 1 saturated heterocycles. The zero-order chi connectivity index (χ0) is 13.3. The fourth-order valence-electron chi connectivity index (χ4n) is 2.83. The summed E-state index contributed by atoms with van der Waals surface area (Å²) >= 11 is 0. The van der Waals surface area contributed by atoms with Gasteiger partial charge in [-0.2, -0.15) is 0 Å². The van der Waals surface area contributed by atoms with Crippen LogP contribution in [-0.2, 0) is 0 Å². The Bertz CT molecular complexity index is 414. The largest absolute Gasteiger partial charge is 0.382 e. The molecule has 100 valence electrons. The van der Waals surface area contributed by atoms with E-state index in [4.69, 9.17) is 0 Å². The molecule has 2 heteroatoms. The summed E-state index contributed by atoms with van der Waals surface area (Å²) in [4.78, 5) is 2.46. The second-order valence-electron chi connectivity index (χ2n) is 6.07. The zero-order valence-corrected chi connectivity index (χ0v) is 12.3. The average molecular weight is 246 g/mol. The predicted octanol–water partition coefficient (Wildman–Crippen LogP) is 3.44. The van der Waals surface area contributed by atoms with Gasteiger partial charge < -0.3 is 10.2 Å². The molecule has 3 atom stereocenters. The van der Waals surface area contributed by atoms with Crippen LogP contribution in [0, 0.1) is 19.8 Å². The van der Waals surface area contributed by atoms with E-state index >= 15 is 0 Å². The molecule has 1 aliphatic heterocycles. The van der Waals surface area contributed by atoms with Crippen molar-refractivity contribution >= 4 is 5.69 Å². The summed E-state index contributed by atoms with van der Waals surface area (Å²) in [5.74, 6) is 0.700. The summed E-state index contributed by atoms with van der Waals surface area (Å²) in [6.07, 6.45) is 1.23. The van der Waals surface area contributed by atoms with Gasteiger partial charge in [0.25, 0.3) is 0 Å². The van der Waals surface area contributed by atoms with E-state index in [9.17, 15) is 0 Å². The SMILES string of the molecule is Cc1ccc(C)c(NC2CC(C)N(C)CC2C)c1. The van der Waals surface area contributed by atoms with Gasteiger partial charge in [0.1, 0.15) is 0 Å². The topological polar surface area (TPSA) is 15.3 Å². The maximum Gasteiger partial charge on any atom is 0.0374 e. The minimum atomic E-state index is 0.594. The fourth-order valence-corrected chi connectivity index (χ4v) is 2.83. The lowest BCUT2D eigenvalue weighted by molar-refractivity contribution is 0.145. The maximum absolute atomic E-state index is 3.76. The molecule has 1 aromatic carbocycles. The smallest absolute Gasteiger partial charge is 0.0374 e. The number of hydrogen-bond donors (Lipinski definition) is 1. The lowest BCUT2D eigenvalue weighted by Gasteiger charge is -2.40. The summed E-state index contributed by atoms with van der Waals surface area (Å²) in [6.45, 7) is 10.2. The van der Waals surface area contributed by atoms with E-state index < -0.39 is 0 Å². The molecule has 2 rings (SSSR count). The van der Waals surface area contributed by atoms with Gasteiger partial charge in [-0.15, -0.1) is 0 Å². The molecule has 1 heterocycles. The van der Waals surface area contributed by atoms with Crippen molar-refractivity contribution in [3.63, 3.8) is 0 Å². The van der Waals surface area contributed by atoms with Crippen LogP contribution in [0.3, 0.4) is 0 Å². The average Bonchev–Trinajstić information content (AvgIpc) is 2.30. The third-order valence-corrected chi connectivity index (χ3v) is 4.34. The normalized spacial score (nSPS) is 29.3. The van der Waals surface area contributed by atoms with Crippen LogP contribution in [0.5, 0.6) is 0 Å². The van der Waals surface area contributed by atoms with E-state index in [0.29, 0.717) is 18.0 Å². The number of aryl methyl sites for hydroxylation is 2. The van der Waals surface area contributed by atoms with E-state index in [2.05, 4.69) is 63.2 Å². The van der Waals surface area contributed by atoms with Crippen LogP contribution in [0.1, 0.15) is 31.4 Å². The molecule has 1 aromatic rings. The first kappa shape index (κ1) is 13.4. The van der Waals surface area contributed by atoms with Crippen molar-refractivity contribution in [2.75, 3.05) is 18.9 Å². The van der Waals surface area contributed by atoms with Crippen LogP contribution in [0.4, 0.5) is 5.69 Å². The third-order valence-electron chi connectivity index (χ3n) is 4.34. The van der Waals surface area contributed by atoms with Crippen molar-refractivity contribution < 1.29 is 0 Å². The summed E-state index contributed by atoms with van der Waals surface area (Å²) in [7, 11) is 2.23. The fraction of sp³-hybridized carbons (Fsp3) is 0.625. The number of hydrogen-bond acceptors (Lipinski definition) is 2. The Morgan fingerprint density at radius 3 is 2.67 bits per heavy atom. The molecule has 2 nitrogen and oxygen atoms in total. The molecule has 0 aromatic heterocycles. The number of rotatable bonds is 2. The Morgan fingerprint density at radius 1 is 1.22 bits per heavy atom. The first-order valence-corrected chi connectivity index (χ1v) is 7.01. The molecule has 0 bridgehead atoms. The lowest BCUT2D eigenvalue weighted by Crippen LogP contribution is -2.48. The molecule has 3 unspecified atom stereocenters. The minimum Gasteiger partial charge on any atom is -0.382 e. The van der Waals surface area contributed by atoms with Gasteiger partial charge in [-0.3, -0.25) is 0 Å². The van der Waals surface area contributed by atoms with Crippen molar-refractivity contribution in [1.29, 1.82) is 0 Å². The Labute approximate surface area is 111 Å². The second-order valence-corrected chi connectivity index (χ2v) is 6.07. The summed E-state index contributed by atoms with van der Waals surface area (Å²) in [5, 5.41) is 3.76. The van der Waals surface area contributed by atoms with E-state index in [-0.39, 0.29) is 0 Å². The van der Waals surface area contributed by atoms with Crippen molar-refractivity contribution in [3.8, 4) is 0 Å². The molecule has 0 radical (unpaired) electrons. The quantitative estimate of drug-likeness (QED) is 0.860. The van der Waals surface area contributed by atoms with Crippen molar-refractivity contribution in [2.24, 2.45) is 5.92 Å². The molecule has 0 aliphatic carbocycles.